The molecule has 0 bridgehead atoms. The first-order chi connectivity index (χ1) is 16.3. The first kappa shape index (κ1) is 25.4. The molecule has 1 aromatic rings. The van der Waals surface area contributed by atoms with E-state index < -0.39 is 48.6 Å². The van der Waals surface area contributed by atoms with Gasteiger partial charge in [-0.05, 0) is 33.3 Å². The van der Waals surface area contributed by atoms with Gasteiger partial charge in [0.15, 0.2) is 0 Å². The van der Waals surface area contributed by atoms with Gasteiger partial charge in [0, 0.05) is 51.2 Å². The molecule has 0 unspecified atom stereocenters. The van der Waals surface area contributed by atoms with Crippen LogP contribution in [0.25, 0.3) is 0 Å². The molecular formula is C22H30F4N6O3. The van der Waals surface area contributed by atoms with E-state index in [9.17, 15) is 27.2 Å². The third-order valence-corrected chi connectivity index (χ3v) is 6.48. The first-order valence-corrected chi connectivity index (χ1v) is 11.6. The molecule has 3 saturated heterocycles. The summed E-state index contributed by atoms with van der Waals surface area (Å²) in [5, 5.41) is 0. The van der Waals surface area contributed by atoms with E-state index in [-0.39, 0.29) is 19.0 Å². The molecule has 13 heteroatoms. The number of hydrogen-bond donors (Lipinski definition) is 0. The Morgan fingerprint density at radius 2 is 1.57 bits per heavy atom. The summed E-state index contributed by atoms with van der Waals surface area (Å²) in [5.41, 5.74) is -0.849. The Hall–Kier alpha value is -2.70. The Bertz CT molecular complexity index is 921. The van der Waals surface area contributed by atoms with Gasteiger partial charge in [-0.25, -0.2) is 14.8 Å². The molecule has 0 radical (unpaired) electrons. The normalized spacial score (nSPS) is 26.8. The maximum atomic E-state index is 13.8. The maximum absolute atomic E-state index is 13.8. The van der Waals surface area contributed by atoms with Gasteiger partial charge >= 0.3 is 17.9 Å². The average Bonchev–Trinajstić information content (AvgIpc) is 3.31. The third kappa shape index (κ3) is 5.29. The zero-order chi connectivity index (χ0) is 25.6. The van der Waals surface area contributed by atoms with Crippen LogP contribution in [0.4, 0.5) is 28.3 Å². The van der Waals surface area contributed by atoms with E-state index >= 15 is 0 Å². The van der Waals surface area contributed by atoms with E-state index in [4.69, 9.17) is 4.74 Å². The highest BCUT2D eigenvalue weighted by atomic mass is 19.3. The minimum atomic E-state index is -4.31. The Labute approximate surface area is 201 Å². The van der Waals surface area contributed by atoms with Crippen molar-refractivity contribution in [3.63, 3.8) is 0 Å². The zero-order valence-corrected chi connectivity index (χ0v) is 20.0. The Balaban J connectivity index is 1.47. The van der Waals surface area contributed by atoms with Crippen molar-refractivity contribution in [1.29, 1.82) is 0 Å². The number of halogens is 4. The van der Waals surface area contributed by atoms with E-state index in [2.05, 4.69) is 14.9 Å². The second kappa shape index (κ2) is 9.07. The van der Waals surface area contributed by atoms with Crippen molar-refractivity contribution >= 4 is 17.9 Å². The van der Waals surface area contributed by atoms with Crippen LogP contribution in [-0.2, 0) is 9.53 Å². The minimum Gasteiger partial charge on any atom is -0.444 e. The largest absolute Gasteiger partial charge is 0.444 e. The lowest BCUT2D eigenvalue weighted by Crippen LogP contribution is -2.51. The minimum absolute atomic E-state index is 0.133. The van der Waals surface area contributed by atoms with Crippen molar-refractivity contribution in [3.8, 4) is 0 Å². The Morgan fingerprint density at radius 1 is 1.00 bits per heavy atom. The summed E-state index contributed by atoms with van der Waals surface area (Å²) in [6.07, 6.45) is 2.69. The summed E-state index contributed by atoms with van der Waals surface area (Å²) >= 11 is 0. The van der Waals surface area contributed by atoms with E-state index in [0.717, 1.165) is 0 Å². The van der Waals surface area contributed by atoms with Crippen LogP contribution in [0.15, 0.2) is 18.5 Å². The molecule has 0 saturated carbocycles. The van der Waals surface area contributed by atoms with Crippen LogP contribution in [-0.4, -0.2) is 112 Å². The molecule has 4 rings (SSSR count). The SMILES string of the molecule is CC(C)(C)OC(=O)N1C[C@@H](N2CCN(c3ncccn3)CC2)C[C@H]1C(=O)N1CC(F)(F)C(F)(F)C1. The van der Waals surface area contributed by atoms with Crippen LogP contribution >= 0.6 is 0 Å². The quantitative estimate of drug-likeness (QED) is 0.586. The lowest BCUT2D eigenvalue weighted by atomic mass is 10.1. The number of ether oxygens (including phenoxy) is 1. The number of alkyl halides is 4. The number of piperazine rings is 1. The monoisotopic (exact) mass is 502 g/mol. The predicted octanol–water partition coefficient (Wildman–Crippen LogP) is 2.09. The molecule has 0 N–H and O–H groups in total. The molecule has 0 aromatic carbocycles. The molecule has 9 nitrogen and oxygen atoms in total. The molecule has 2 atom stereocenters. The molecule has 3 aliphatic rings. The van der Waals surface area contributed by atoms with E-state index in [1.807, 2.05) is 4.90 Å². The number of likely N-dealkylation sites (tertiary alicyclic amines) is 2. The topological polar surface area (TPSA) is 82.1 Å². The first-order valence-electron chi connectivity index (χ1n) is 11.6. The zero-order valence-electron chi connectivity index (χ0n) is 20.0. The maximum Gasteiger partial charge on any atom is 0.411 e. The fraction of sp³-hybridized carbons (Fsp3) is 0.727. The van der Waals surface area contributed by atoms with Crippen LogP contribution in [0.3, 0.4) is 0 Å². The van der Waals surface area contributed by atoms with Crippen molar-refractivity contribution in [2.24, 2.45) is 0 Å². The summed E-state index contributed by atoms with van der Waals surface area (Å²) < 4.78 is 60.5. The number of carbonyl (C=O) groups excluding carboxylic acids is 2. The summed E-state index contributed by atoms with van der Waals surface area (Å²) in [6, 6.07) is 0.321. The highest BCUT2D eigenvalue weighted by Crippen LogP contribution is 2.42. The fourth-order valence-electron chi connectivity index (χ4n) is 4.71. The van der Waals surface area contributed by atoms with Crippen LogP contribution in [0.2, 0.25) is 0 Å². The molecule has 194 valence electrons. The highest BCUT2D eigenvalue weighted by molar-refractivity contribution is 5.87. The lowest BCUT2D eigenvalue weighted by molar-refractivity contribution is -0.172. The number of carbonyl (C=O) groups is 2. The number of anilines is 1. The molecular weight excluding hydrogens is 472 g/mol. The fourth-order valence-corrected chi connectivity index (χ4v) is 4.71. The molecule has 1 aromatic heterocycles. The Morgan fingerprint density at radius 3 is 2.11 bits per heavy atom. The number of hydrogen-bond acceptors (Lipinski definition) is 7. The predicted molar refractivity (Wildman–Crippen MR) is 117 cm³/mol. The van der Waals surface area contributed by atoms with Crippen molar-refractivity contribution in [3.05, 3.63) is 18.5 Å². The van der Waals surface area contributed by atoms with Crippen molar-refractivity contribution in [2.45, 2.75) is 56.7 Å². The van der Waals surface area contributed by atoms with Gasteiger partial charge in [-0.3, -0.25) is 14.6 Å². The van der Waals surface area contributed by atoms with E-state index in [1.165, 1.54) is 4.90 Å². The molecule has 35 heavy (non-hydrogen) atoms. The summed E-state index contributed by atoms with van der Waals surface area (Å²) in [7, 11) is 0. The second-order valence-corrected chi connectivity index (χ2v) is 10.2. The summed E-state index contributed by atoms with van der Waals surface area (Å²) in [4.78, 5) is 40.3. The van der Waals surface area contributed by atoms with Gasteiger partial charge in [0.1, 0.15) is 11.6 Å². The number of rotatable bonds is 3. The standard InChI is InChI=1S/C22H30F4N6O3/c1-20(2,3)35-19(34)32-12-15(29-7-9-30(10-8-29)18-27-5-4-6-28-18)11-16(32)17(33)31-13-21(23,24)22(25,26)14-31/h4-6,15-16H,7-14H2,1-3H3/t15-,16-/m0/s1. The average molecular weight is 503 g/mol. The van der Waals surface area contributed by atoms with Crippen LogP contribution in [0.1, 0.15) is 27.2 Å². The van der Waals surface area contributed by atoms with Crippen molar-refractivity contribution < 1.29 is 31.9 Å². The number of nitrogens with zero attached hydrogens (tertiary/aromatic N) is 6. The molecule has 3 fully saturated rings. The van der Waals surface area contributed by atoms with Gasteiger partial charge in [0.05, 0.1) is 13.1 Å². The van der Waals surface area contributed by atoms with Crippen molar-refractivity contribution in [2.75, 3.05) is 50.7 Å². The van der Waals surface area contributed by atoms with Gasteiger partial charge in [0.2, 0.25) is 11.9 Å². The molecule has 2 amide bonds. The van der Waals surface area contributed by atoms with Gasteiger partial charge in [-0.2, -0.15) is 17.6 Å². The van der Waals surface area contributed by atoms with Gasteiger partial charge in [-0.15, -0.1) is 0 Å². The van der Waals surface area contributed by atoms with Crippen LogP contribution in [0.5, 0.6) is 0 Å². The molecule has 4 heterocycles. The summed E-state index contributed by atoms with van der Waals surface area (Å²) in [6.45, 7) is 4.83. The third-order valence-electron chi connectivity index (χ3n) is 6.48. The van der Waals surface area contributed by atoms with Crippen molar-refractivity contribution in [1.82, 2.24) is 24.7 Å². The summed E-state index contributed by atoms with van der Waals surface area (Å²) in [5.74, 6) is -8.93. The smallest absolute Gasteiger partial charge is 0.411 e. The van der Waals surface area contributed by atoms with Crippen LogP contribution < -0.4 is 4.90 Å². The van der Waals surface area contributed by atoms with E-state index in [1.54, 1.807) is 39.2 Å². The number of amides is 2. The van der Waals surface area contributed by atoms with Gasteiger partial charge < -0.3 is 14.5 Å². The second-order valence-electron chi connectivity index (χ2n) is 10.2. The molecule has 0 aliphatic carbocycles. The molecule has 0 spiro atoms. The Kier molecular flexibility index (Phi) is 6.58. The van der Waals surface area contributed by atoms with E-state index in [0.29, 0.717) is 37.0 Å². The lowest BCUT2D eigenvalue weighted by Gasteiger charge is -2.37. The van der Waals surface area contributed by atoms with Gasteiger partial charge in [0.25, 0.3) is 0 Å². The van der Waals surface area contributed by atoms with Crippen LogP contribution in [0, 0.1) is 0 Å². The molecule has 3 aliphatic heterocycles. The van der Waals surface area contributed by atoms with Gasteiger partial charge in [-0.1, -0.05) is 0 Å². The number of aromatic nitrogens is 2. The highest BCUT2D eigenvalue weighted by Gasteiger charge is 2.64.